The van der Waals surface area contributed by atoms with Gasteiger partial charge in [0, 0.05) is 55.3 Å². The number of benzene rings is 2. The summed E-state index contributed by atoms with van der Waals surface area (Å²) in [5.74, 6) is -5.67. The van der Waals surface area contributed by atoms with Gasteiger partial charge < -0.3 is 58.0 Å². The average molecular weight is 771 g/mol. The van der Waals surface area contributed by atoms with Crippen LogP contribution in [0.3, 0.4) is 0 Å². The van der Waals surface area contributed by atoms with Crippen LogP contribution in [0, 0.1) is 0 Å². The first kappa shape index (κ1) is 42.8. The number of fused-ring (bicyclic) bond motifs is 1. The maximum atomic E-state index is 13.9. The largest absolute Gasteiger partial charge is 0.482 e. The zero-order chi connectivity index (χ0) is 39.6. The van der Waals surface area contributed by atoms with Crippen LogP contribution in [0.4, 0.5) is 0 Å². The summed E-state index contributed by atoms with van der Waals surface area (Å²) in [7, 11) is 0. The predicted molar refractivity (Wildman–Crippen MR) is 199 cm³/mol. The number of aromatic nitrogens is 1. The van der Waals surface area contributed by atoms with E-state index in [1.54, 1.807) is 13.1 Å². The first-order valence-corrected chi connectivity index (χ1v) is 18.2. The summed E-state index contributed by atoms with van der Waals surface area (Å²) in [6, 6.07) is 7.76. The van der Waals surface area contributed by atoms with Crippen LogP contribution in [-0.4, -0.2) is 119 Å². The third-order valence-electron chi connectivity index (χ3n) is 7.84. The number of aromatic amines is 1. The fourth-order valence-corrected chi connectivity index (χ4v) is 5.84. The highest BCUT2D eigenvalue weighted by Crippen LogP contribution is 2.19. The van der Waals surface area contributed by atoms with Crippen molar-refractivity contribution >= 4 is 64.1 Å². The highest BCUT2D eigenvalue weighted by molar-refractivity contribution is 7.99. The van der Waals surface area contributed by atoms with Crippen molar-refractivity contribution in [3.8, 4) is 5.75 Å². The van der Waals surface area contributed by atoms with Crippen LogP contribution < -0.4 is 42.8 Å². The molecule has 19 heteroatoms. The van der Waals surface area contributed by atoms with Gasteiger partial charge in [-0.15, -0.1) is 0 Å². The molecule has 4 atom stereocenters. The molecule has 0 saturated carbocycles. The van der Waals surface area contributed by atoms with Crippen molar-refractivity contribution in [3.63, 3.8) is 0 Å². The molecule has 5 amide bonds. The van der Waals surface area contributed by atoms with E-state index in [0.29, 0.717) is 23.4 Å². The first-order valence-electron chi connectivity index (χ1n) is 17.0. The molecule has 0 aliphatic carbocycles. The van der Waals surface area contributed by atoms with Gasteiger partial charge in [-0.1, -0.05) is 30.3 Å². The minimum atomic E-state index is -1.69. The Morgan fingerprint density at radius 2 is 1.41 bits per heavy atom. The molecule has 1 heterocycles. The second-order valence-corrected chi connectivity index (χ2v) is 13.1. The maximum Gasteiger partial charge on any atom is 0.341 e. The molecule has 54 heavy (non-hydrogen) atoms. The zero-order valence-corrected chi connectivity index (χ0v) is 30.4. The summed E-state index contributed by atoms with van der Waals surface area (Å²) in [5, 5.41) is 32.1. The van der Waals surface area contributed by atoms with E-state index in [1.807, 2.05) is 24.3 Å². The van der Waals surface area contributed by atoms with Crippen molar-refractivity contribution in [1.29, 1.82) is 0 Å². The minimum Gasteiger partial charge on any atom is -0.482 e. The Balaban J connectivity index is 1.85. The second-order valence-electron chi connectivity index (χ2n) is 12.0. The number of para-hydroxylation sites is 1. The lowest BCUT2D eigenvalue weighted by Gasteiger charge is -2.26. The maximum absolute atomic E-state index is 13.9. The third kappa shape index (κ3) is 13.7. The van der Waals surface area contributed by atoms with Crippen LogP contribution >= 0.6 is 11.8 Å². The summed E-state index contributed by atoms with van der Waals surface area (Å²) in [5.41, 5.74) is 13.2. The van der Waals surface area contributed by atoms with Gasteiger partial charge in [0.1, 0.15) is 29.9 Å². The van der Waals surface area contributed by atoms with Crippen molar-refractivity contribution in [2.24, 2.45) is 11.5 Å². The van der Waals surface area contributed by atoms with Gasteiger partial charge in [0.15, 0.2) is 6.61 Å². The summed E-state index contributed by atoms with van der Waals surface area (Å²) in [6.45, 7) is 1.37. The fraction of sp³-hybridized carbons (Fsp3) is 0.400. The molecule has 0 radical (unpaired) electrons. The lowest BCUT2D eigenvalue weighted by atomic mass is 10.0. The first-order chi connectivity index (χ1) is 25.8. The topological polar surface area (TPSA) is 297 Å². The molecule has 18 nitrogen and oxygen atoms in total. The van der Waals surface area contributed by atoms with Crippen molar-refractivity contribution in [3.05, 3.63) is 65.9 Å². The molecule has 12 N–H and O–H groups in total. The standard InChI is InChI=1S/C35H46N8O10S/c1-2-38-32(49)26(14-21-17-39-24-6-4-3-5-23(21)24)42-34(51)27(15-30(45)46)43-33(50)25(13-20-7-9-22(10-8-20)53-18-31(47)48)41-35(52)28(16-37)40-29(44)19-54-12-11-36/h3-10,17,25-28,39H,2,11-16,18-19,36-37H2,1H3,(H,38,49)(H,40,44)(H,41,52)(H,42,51)(H,43,50)(H,45,46)(H,47,48). The number of hydrogen-bond acceptors (Lipinski definition) is 11. The number of nitrogens with one attached hydrogen (secondary N) is 6. The van der Waals surface area contributed by atoms with Crippen LogP contribution in [0.2, 0.25) is 0 Å². The molecule has 0 aliphatic heterocycles. The van der Waals surface area contributed by atoms with E-state index in [4.69, 9.17) is 21.3 Å². The molecule has 3 aromatic rings. The molecule has 1 aromatic heterocycles. The summed E-state index contributed by atoms with van der Waals surface area (Å²) >= 11 is 1.25. The number of thioether (sulfide) groups is 1. The van der Waals surface area contributed by atoms with Gasteiger partial charge in [-0.05, 0) is 36.2 Å². The number of carboxylic acid groups (broad SMARTS) is 2. The minimum absolute atomic E-state index is 0.00472. The van der Waals surface area contributed by atoms with Crippen LogP contribution in [0.5, 0.6) is 5.75 Å². The lowest BCUT2D eigenvalue weighted by molar-refractivity contribution is -0.141. The third-order valence-corrected chi connectivity index (χ3v) is 8.83. The second kappa shape index (κ2) is 21.8. The van der Waals surface area contributed by atoms with Gasteiger partial charge in [-0.2, -0.15) is 11.8 Å². The summed E-state index contributed by atoms with van der Waals surface area (Å²) < 4.78 is 5.15. The molecule has 0 saturated heterocycles. The number of H-pyrrole nitrogens is 1. The average Bonchev–Trinajstić information content (AvgIpc) is 3.55. The van der Waals surface area contributed by atoms with Crippen LogP contribution in [0.25, 0.3) is 10.9 Å². The van der Waals surface area contributed by atoms with Crippen LogP contribution in [-0.2, 0) is 46.4 Å². The van der Waals surface area contributed by atoms with E-state index >= 15 is 0 Å². The van der Waals surface area contributed by atoms with Crippen molar-refractivity contribution < 1.29 is 48.5 Å². The Labute approximate surface area is 314 Å². The summed E-state index contributed by atoms with van der Waals surface area (Å²) in [4.78, 5) is 92.3. The monoisotopic (exact) mass is 770 g/mol. The molecular weight excluding hydrogens is 724 g/mol. The van der Waals surface area contributed by atoms with Crippen molar-refractivity contribution in [2.75, 3.05) is 37.7 Å². The normalized spacial score (nSPS) is 13.1. The molecule has 0 spiro atoms. The Morgan fingerprint density at radius 3 is 2.04 bits per heavy atom. The Hall–Kier alpha value is -5.66. The van der Waals surface area contributed by atoms with Gasteiger partial charge >= 0.3 is 11.9 Å². The number of nitrogens with two attached hydrogens (primary N) is 2. The SMILES string of the molecule is CCNC(=O)C(Cc1c[nH]c2ccccc12)NC(=O)C(CC(=O)O)NC(=O)C(Cc1ccc(OCC(=O)O)cc1)NC(=O)C(CN)NC(=O)CSCCN. The van der Waals surface area contributed by atoms with E-state index in [9.17, 15) is 38.7 Å². The van der Waals surface area contributed by atoms with Gasteiger partial charge in [-0.25, -0.2) is 4.79 Å². The predicted octanol–water partition coefficient (Wildman–Crippen LogP) is -1.38. The van der Waals surface area contributed by atoms with Gasteiger partial charge in [0.25, 0.3) is 0 Å². The number of aliphatic carboxylic acids is 2. The lowest BCUT2D eigenvalue weighted by Crippen LogP contribution is -2.60. The molecule has 3 rings (SSSR count). The number of likely N-dealkylation sites (N-methyl/N-ethyl adjacent to an activating group) is 1. The van der Waals surface area contributed by atoms with Crippen LogP contribution in [0.1, 0.15) is 24.5 Å². The number of carbonyl (C=O) groups is 7. The highest BCUT2D eigenvalue weighted by atomic mass is 32.2. The Kier molecular flexibility index (Phi) is 17.2. The molecule has 4 unspecified atom stereocenters. The number of ether oxygens (including phenoxy) is 1. The fourth-order valence-electron chi connectivity index (χ4n) is 5.26. The van der Waals surface area contributed by atoms with E-state index in [-0.39, 0.29) is 37.4 Å². The molecule has 0 bridgehead atoms. The van der Waals surface area contributed by atoms with Crippen LogP contribution in [0.15, 0.2) is 54.7 Å². The van der Waals surface area contributed by atoms with E-state index < -0.39 is 78.7 Å². The number of rotatable bonds is 23. The summed E-state index contributed by atoms with van der Waals surface area (Å²) in [6.07, 6.45) is 0.674. The van der Waals surface area contributed by atoms with Gasteiger partial charge in [0.05, 0.1) is 12.2 Å². The van der Waals surface area contributed by atoms with Gasteiger partial charge in [-0.3, -0.25) is 28.8 Å². The van der Waals surface area contributed by atoms with Crippen molar-refractivity contribution in [1.82, 2.24) is 31.6 Å². The molecule has 292 valence electrons. The van der Waals surface area contributed by atoms with Crippen molar-refractivity contribution in [2.45, 2.75) is 50.4 Å². The Morgan fingerprint density at radius 1 is 0.778 bits per heavy atom. The number of carbonyl (C=O) groups excluding carboxylic acids is 5. The molecule has 2 aromatic carbocycles. The van der Waals surface area contributed by atoms with E-state index in [1.165, 1.54) is 36.0 Å². The zero-order valence-electron chi connectivity index (χ0n) is 29.6. The van der Waals surface area contributed by atoms with E-state index in [2.05, 4.69) is 31.6 Å². The smallest absolute Gasteiger partial charge is 0.341 e. The van der Waals surface area contributed by atoms with E-state index in [0.717, 1.165) is 10.9 Å². The number of hydrogen-bond donors (Lipinski definition) is 10. The number of amides is 5. The van der Waals surface area contributed by atoms with Gasteiger partial charge in [0.2, 0.25) is 29.5 Å². The highest BCUT2D eigenvalue weighted by Gasteiger charge is 2.33. The molecule has 0 fully saturated rings. The Bertz CT molecular complexity index is 1770. The quantitative estimate of drug-likeness (QED) is 0.0498. The number of carboxylic acids is 2. The molecular formula is C35H46N8O10S. The molecule has 0 aliphatic rings.